The smallest absolute Gasteiger partial charge is 0.337 e. The Hall–Kier alpha value is -0.870. The molecule has 0 aliphatic heterocycles. The van der Waals surface area contributed by atoms with Gasteiger partial charge in [-0.1, -0.05) is 13.8 Å². The first-order chi connectivity index (χ1) is 8.81. The fraction of sp³-hybridized carbons (Fsp3) is 0.364. The molecule has 1 aromatic carbocycles. The Morgan fingerprint density at radius 2 is 1.95 bits per heavy atom. The molecule has 0 fully saturated rings. The molecule has 1 aromatic rings. The molecule has 0 radical (unpaired) electrons. The Balaban J connectivity index is 3.16. The number of carbonyl (C=O) groups is 1. The zero-order valence-electron chi connectivity index (χ0n) is 10.6. The number of halogens is 1. The van der Waals surface area contributed by atoms with Crippen molar-refractivity contribution in [2.45, 2.75) is 13.8 Å². The lowest BCUT2D eigenvalue weighted by Crippen LogP contribution is -2.35. The molecule has 0 unspecified atom stereocenters. The largest absolute Gasteiger partial charge is 0.478 e. The summed E-state index contributed by atoms with van der Waals surface area (Å²) >= 11 is 1.97. The summed E-state index contributed by atoms with van der Waals surface area (Å²) in [5.41, 5.74) is 0.00227. The molecule has 0 heterocycles. The number of nitrogens with zero attached hydrogens (tertiary/aromatic N) is 1. The molecule has 0 aliphatic carbocycles. The van der Waals surface area contributed by atoms with Gasteiger partial charge in [0.1, 0.15) is 0 Å². The summed E-state index contributed by atoms with van der Waals surface area (Å²) in [6, 6.07) is 4.52. The predicted molar refractivity (Wildman–Crippen MR) is 81.6 cm³/mol. The van der Waals surface area contributed by atoms with Gasteiger partial charge >= 0.3 is 16.2 Å². The van der Waals surface area contributed by atoms with Crippen LogP contribution < -0.4 is 4.72 Å². The first-order valence-electron chi connectivity index (χ1n) is 5.62. The van der Waals surface area contributed by atoms with Crippen LogP contribution in [0.3, 0.4) is 0 Å². The maximum atomic E-state index is 12.0. The highest BCUT2D eigenvalue weighted by Gasteiger charge is 2.21. The lowest BCUT2D eigenvalue weighted by Gasteiger charge is -2.20. The Labute approximate surface area is 126 Å². The third-order valence-corrected chi connectivity index (χ3v) is 4.84. The average Bonchev–Trinajstić information content (AvgIpc) is 2.32. The second-order valence-corrected chi connectivity index (χ2v) is 6.60. The van der Waals surface area contributed by atoms with Crippen LogP contribution in [0, 0.1) is 3.57 Å². The van der Waals surface area contributed by atoms with E-state index in [2.05, 4.69) is 4.72 Å². The van der Waals surface area contributed by atoms with Crippen LogP contribution in [0.5, 0.6) is 0 Å². The standard InChI is InChI=1S/C11H15IN2O4S/c1-3-14(4-2)19(17,18)13-10-6-5-8(12)7-9(10)11(15)16/h5-7,13H,3-4H2,1-2H3,(H,15,16). The Morgan fingerprint density at radius 1 is 1.37 bits per heavy atom. The minimum Gasteiger partial charge on any atom is -0.478 e. The van der Waals surface area contributed by atoms with Gasteiger partial charge < -0.3 is 5.11 Å². The van der Waals surface area contributed by atoms with E-state index in [1.807, 2.05) is 22.6 Å². The SMILES string of the molecule is CCN(CC)S(=O)(=O)Nc1ccc(I)cc1C(=O)O. The summed E-state index contributed by atoms with van der Waals surface area (Å²) in [5, 5.41) is 9.09. The first-order valence-corrected chi connectivity index (χ1v) is 8.14. The van der Waals surface area contributed by atoms with Crippen molar-refractivity contribution in [1.82, 2.24) is 4.31 Å². The first kappa shape index (κ1) is 16.2. The molecule has 2 N–H and O–H groups in total. The maximum absolute atomic E-state index is 12.0. The number of nitrogens with one attached hydrogen (secondary N) is 1. The number of aromatic carboxylic acids is 1. The van der Waals surface area contributed by atoms with Crippen LogP contribution in [0.15, 0.2) is 18.2 Å². The highest BCUT2D eigenvalue weighted by molar-refractivity contribution is 14.1. The summed E-state index contributed by atoms with van der Waals surface area (Å²) in [6.07, 6.45) is 0. The van der Waals surface area contributed by atoms with Gasteiger partial charge in [0.2, 0.25) is 0 Å². The van der Waals surface area contributed by atoms with Crippen molar-refractivity contribution in [2.75, 3.05) is 17.8 Å². The number of carboxylic acids is 1. The number of hydrogen-bond acceptors (Lipinski definition) is 3. The molecular weight excluding hydrogens is 383 g/mol. The Bertz CT molecular complexity index is 570. The van der Waals surface area contributed by atoms with Crippen LogP contribution in [-0.4, -0.2) is 36.9 Å². The Kier molecular flexibility index (Phi) is 5.56. The van der Waals surface area contributed by atoms with Gasteiger partial charge in [-0.2, -0.15) is 12.7 Å². The van der Waals surface area contributed by atoms with Crippen molar-refractivity contribution >= 4 is 44.5 Å². The topological polar surface area (TPSA) is 86.7 Å². The van der Waals surface area contributed by atoms with Gasteiger partial charge in [-0.25, -0.2) is 4.79 Å². The molecule has 1 rings (SSSR count). The lowest BCUT2D eigenvalue weighted by atomic mass is 10.2. The number of hydrogen-bond donors (Lipinski definition) is 2. The molecule has 8 heteroatoms. The molecule has 0 spiro atoms. The van der Waals surface area contributed by atoms with E-state index in [9.17, 15) is 13.2 Å². The van der Waals surface area contributed by atoms with Crippen molar-refractivity contribution in [3.05, 3.63) is 27.3 Å². The van der Waals surface area contributed by atoms with Crippen molar-refractivity contribution in [1.29, 1.82) is 0 Å². The predicted octanol–water partition coefficient (Wildman–Crippen LogP) is 1.99. The van der Waals surface area contributed by atoms with Gasteiger partial charge in [-0.15, -0.1) is 0 Å². The van der Waals surface area contributed by atoms with Crippen LogP contribution in [-0.2, 0) is 10.2 Å². The van der Waals surface area contributed by atoms with E-state index >= 15 is 0 Å². The van der Waals surface area contributed by atoms with Crippen molar-refractivity contribution in [3.63, 3.8) is 0 Å². The van der Waals surface area contributed by atoms with Gasteiger partial charge in [-0.05, 0) is 40.8 Å². The van der Waals surface area contributed by atoms with E-state index in [-0.39, 0.29) is 11.3 Å². The fourth-order valence-electron chi connectivity index (χ4n) is 1.55. The number of carboxylic acid groups (broad SMARTS) is 1. The summed E-state index contributed by atoms with van der Waals surface area (Å²) in [7, 11) is -3.73. The zero-order chi connectivity index (χ0) is 14.6. The summed E-state index contributed by atoms with van der Waals surface area (Å²) in [4.78, 5) is 11.1. The molecule has 0 aliphatic rings. The van der Waals surface area contributed by atoms with E-state index < -0.39 is 16.2 Å². The molecular formula is C11H15IN2O4S. The van der Waals surface area contributed by atoms with Crippen molar-refractivity contribution < 1.29 is 18.3 Å². The third kappa shape index (κ3) is 4.05. The van der Waals surface area contributed by atoms with Gasteiger partial charge in [0.05, 0.1) is 11.3 Å². The molecule has 6 nitrogen and oxygen atoms in total. The molecule has 19 heavy (non-hydrogen) atoms. The van der Waals surface area contributed by atoms with Crippen LogP contribution in [0.2, 0.25) is 0 Å². The molecule has 0 bridgehead atoms. The van der Waals surface area contributed by atoms with Gasteiger partial charge in [-0.3, -0.25) is 4.72 Å². The van der Waals surface area contributed by atoms with Crippen molar-refractivity contribution in [3.8, 4) is 0 Å². The molecule has 0 atom stereocenters. The highest BCUT2D eigenvalue weighted by atomic mass is 127. The molecule has 0 saturated heterocycles. The lowest BCUT2D eigenvalue weighted by molar-refractivity contribution is 0.0698. The average molecular weight is 398 g/mol. The second-order valence-electron chi connectivity index (χ2n) is 3.69. The summed E-state index contributed by atoms with van der Waals surface area (Å²) in [5.74, 6) is -1.17. The van der Waals surface area contributed by atoms with E-state index in [4.69, 9.17) is 5.11 Å². The van der Waals surface area contributed by atoms with Crippen LogP contribution in [0.4, 0.5) is 5.69 Å². The third-order valence-electron chi connectivity index (χ3n) is 2.50. The highest BCUT2D eigenvalue weighted by Crippen LogP contribution is 2.21. The van der Waals surface area contributed by atoms with E-state index in [1.165, 1.54) is 16.4 Å². The minimum absolute atomic E-state index is 0.0670. The van der Waals surface area contributed by atoms with E-state index in [1.54, 1.807) is 19.9 Å². The minimum atomic E-state index is -3.73. The number of rotatable bonds is 6. The zero-order valence-corrected chi connectivity index (χ0v) is 13.5. The Morgan fingerprint density at radius 3 is 2.42 bits per heavy atom. The summed E-state index contributed by atoms with van der Waals surface area (Å²) < 4.78 is 28.3. The normalized spacial score (nSPS) is 11.6. The molecule has 106 valence electrons. The van der Waals surface area contributed by atoms with Gasteiger partial charge in [0.25, 0.3) is 0 Å². The molecule has 0 saturated carbocycles. The number of anilines is 1. The van der Waals surface area contributed by atoms with Crippen molar-refractivity contribution in [2.24, 2.45) is 0 Å². The van der Waals surface area contributed by atoms with E-state index in [0.717, 1.165) is 3.57 Å². The van der Waals surface area contributed by atoms with Gasteiger partial charge in [0.15, 0.2) is 0 Å². The number of benzene rings is 1. The monoisotopic (exact) mass is 398 g/mol. The summed E-state index contributed by atoms with van der Waals surface area (Å²) in [6.45, 7) is 4.07. The van der Waals surface area contributed by atoms with E-state index in [0.29, 0.717) is 13.1 Å². The van der Waals surface area contributed by atoms with Crippen LogP contribution >= 0.6 is 22.6 Å². The van der Waals surface area contributed by atoms with Gasteiger partial charge in [0, 0.05) is 16.7 Å². The van der Waals surface area contributed by atoms with Crippen LogP contribution in [0.25, 0.3) is 0 Å². The quantitative estimate of drug-likeness (QED) is 0.718. The van der Waals surface area contributed by atoms with Crippen LogP contribution in [0.1, 0.15) is 24.2 Å². The fourth-order valence-corrected chi connectivity index (χ4v) is 3.31. The second kappa shape index (κ2) is 6.53. The molecule has 0 amide bonds. The maximum Gasteiger partial charge on any atom is 0.337 e. The molecule has 0 aromatic heterocycles.